The van der Waals surface area contributed by atoms with Crippen molar-refractivity contribution in [1.82, 2.24) is 5.32 Å². The SMILES string of the molecule is CS(=O)(=O)CCNC(=O)c1cc(Cl)cc(Br)c1. The molecule has 7 heteroatoms. The van der Waals surface area contributed by atoms with Crippen LogP contribution in [0, 0.1) is 0 Å². The summed E-state index contributed by atoms with van der Waals surface area (Å²) in [7, 11) is -3.07. The highest BCUT2D eigenvalue weighted by Gasteiger charge is 2.08. The normalized spacial score (nSPS) is 11.2. The number of sulfone groups is 1. The van der Waals surface area contributed by atoms with Crippen LogP contribution in [0.2, 0.25) is 5.02 Å². The number of benzene rings is 1. The number of hydrogen-bond donors (Lipinski definition) is 1. The molecule has 94 valence electrons. The van der Waals surface area contributed by atoms with E-state index in [-0.39, 0.29) is 18.2 Å². The fourth-order valence-corrected chi connectivity index (χ4v) is 2.47. The first-order chi connectivity index (χ1) is 7.78. The van der Waals surface area contributed by atoms with Gasteiger partial charge in [-0.3, -0.25) is 4.79 Å². The molecule has 0 saturated heterocycles. The van der Waals surface area contributed by atoms with Gasteiger partial charge in [-0.05, 0) is 18.2 Å². The lowest BCUT2D eigenvalue weighted by molar-refractivity contribution is 0.0956. The van der Waals surface area contributed by atoms with Crippen molar-refractivity contribution in [1.29, 1.82) is 0 Å². The highest BCUT2D eigenvalue weighted by molar-refractivity contribution is 9.10. The van der Waals surface area contributed by atoms with Crippen LogP contribution in [0.3, 0.4) is 0 Å². The van der Waals surface area contributed by atoms with E-state index in [4.69, 9.17) is 11.6 Å². The van der Waals surface area contributed by atoms with Gasteiger partial charge in [0.2, 0.25) is 0 Å². The zero-order valence-corrected chi connectivity index (χ0v) is 12.2. The molecule has 1 N–H and O–H groups in total. The van der Waals surface area contributed by atoms with Crippen molar-refractivity contribution in [3.8, 4) is 0 Å². The molecule has 4 nitrogen and oxygen atoms in total. The zero-order chi connectivity index (χ0) is 13.1. The van der Waals surface area contributed by atoms with Crippen LogP contribution in [-0.2, 0) is 9.84 Å². The van der Waals surface area contributed by atoms with Gasteiger partial charge in [0.25, 0.3) is 5.91 Å². The Morgan fingerprint density at radius 1 is 1.41 bits per heavy atom. The largest absolute Gasteiger partial charge is 0.351 e. The van der Waals surface area contributed by atoms with E-state index in [1.807, 2.05) is 0 Å². The monoisotopic (exact) mass is 339 g/mol. The van der Waals surface area contributed by atoms with Gasteiger partial charge in [0.05, 0.1) is 5.75 Å². The Balaban J connectivity index is 2.64. The maximum absolute atomic E-state index is 11.6. The molecular weight excluding hydrogens is 330 g/mol. The van der Waals surface area contributed by atoms with Crippen LogP contribution in [0.4, 0.5) is 0 Å². The van der Waals surface area contributed by atoms with E-state index in [0.717, 1.165) is 6.26 Å². The van der Waals surface area contributed by atoms with Crippen LogP contribution >= 0.6 is 27.5 Å². The molecule has 0 unspecified atom stereocenters. The topological polar surface area (TPSA) is 63.2 Å². The fourth-order valence-electron chi connectivity index (χ4n) is 1.14. The van der Waals surface area contributed by atoms with Gasteiger partial charge in [-0.2, -0.15) is 0 Å². The van der Waals surface area contributed by atoms with Crippen molar-refractivity contribution in [3.63, 3.8) is 0 Å². The van der Waals surface area contributed by atoms with Crippen molar-refractivity contribution in [2.24, 2.45) is 0 Å². The van der Waals surface area contributed by atoms with Crippen LogP contribution in [0.1, 0.15) is 10.4 Å². The van der Waals surface area contributed by atoms with Gasteiger partial charge in [-0.25, -0.2) is 8.42 Å². The molecular formula is C10H11BrClNO3S. The van der Waals surface area contributed by atoms with E-state index in [1.54, 1.807) is 12.1 Å². The Hall–Kier alpha value is -0.590. The molecule has 0 fully saturated rings. The first-order valence-electron chi connectivity index (χ1n) is 4.70. The highest BCUT2D eigenvalue weighted by atomic mass is 79.9. The minimum absolute atomic E-state index is 0.0829. The molecule has 0 heterocycles. The smallest absolute Gasteiger partial charge is 0.251 e. The summed E-state index contributed by atoms with van der Waals surface area (Å²) >= 11 is 9.02. The van der Waals surface area contributed by atoms with Crippen molar-refractivity contribution in [2.75, 3.05) is 18.6 Å². The molecule has 1 aromatic carbocycles. The van der Waals surface area contributed by atoms with E-state index in [0.29, 0.717) is 15.1 Å². The second-order valence-corrected chi connectivity index (χ2v) is 7.16. The summed E-state index contributed by atoms with van der Waals surface area (Å²) in [4.78, 5) is 11.6. The van der Waals surface area contributed by atoms with Gasteiger partial charge in [-0.15, -0.1) is 0 Å². The number of amides is 1. The highest BCUT2D eigenvalue weighted by Crippen LogP contribution is 2.19. The van der Waals surface area contributed by atoms with Crippen molar-refractivity contribution >= 4 is 43.3 Å². The summed E-state index contributed by atoms with van der Waals surface area (Å²) in [6.45, 7) is 0.0851. The Labute approximate surface area is 113 Å². The molecule has 1 amide bonds. The third-order valence-corrected chi connectivity index (χ3v) is 3.50. The summed E-state index contributed by atoms with van der Waals surface area (Å²) in [6.07, 6.45) is 1.12. The average molecular weight is 341 g/mol. The molecule has 0 aliphatic rings. The fraction of sp³-hybridized carbons (Fsp3) is 0.300. The van der Waals surface area contributed by atoms with Crippen LogP contribution in [-0.4, -0.2) is 32.9 Å². The molecule has 0 aliphatic carbocycles. The predicted molar refractivity (Wildman–Crippen MR) is 71.2 cm³/mol. The predicted octanol–water partition coefficient (Wildman–Crippen LogP) is 1.88. The van der Waals surface area contributed by atoms with E-state index >= 15 is 0 Å². The second-order valence-electron chi connectivity index (χ2n) is 3.54. The second kappa shape index (κ2) is 5.84. The molecule has 1 aromatic rings. The van der Waals surface area contributed by atoms with Crippen molar-refractivity contribution < 1.29 is 13.2 Å². The molecule has 0 radical (unpaired) electrons. The molecule has 0 atom stereocenters. The Kier molecular flexibility index (Phi) is 4.97. The molecule has 0 bridgehead atoms. The molecule has 1 rings (SSSR count). The maximum atomic E-state index is 11.6. The number of halogens is 2. The summed E-state index contributed by atoms with van der Waals surface area (Å²) < 4.78 is 22.4. The third kappa shape index (κ3) is 5.52. The first-order valence-corrected chi connectivity index (χ1v) is 7.93. The number of carbonyl (C=O) groups excluding carboxylic acids is 1. The van der Waals surface area contributed by atoms with Gasteiger partial charge in [0, 0.05) is 27.9 Å². The van der Waals surface area contributed by atoms with Crippen molar-refractivity contribution in [2.45, 2.75) is 0 Å². The Bertz CT molecular complexity index is 510. The molecule has 17 heavy (non-hydrogen) atoms. The minimum Gasteiger partial charge on any atom is -0.351 e. The lowest BCUT2D eigenvalue weighted by Crippen LogP contribution is -2.28. The summed E-state index contributed by atoms with van der Waals surface area (Å²) in [5, 5.41) is 2.95. The molecule has 0 saturated carbocycles. The molecule has 0 spiro atoms. The standard InChI is InChI=1S/C10H11BrClNO3S/c1-17(15,16)3-2-13-10(14)7-4-8(11)6-9(12)5-7/h4-6H,2-3H2,1H3,(H,13,14). The minimum atomic E-state index is -3.07. The lowest BCUT2D eigenvalue weighted by atomic mass is 10.2. The Morgan fingerprint density at radius 3 is 2.59 bits per heavy atom. The van der Waals surface area contributed by atoms with E-state index in [2.05, 4.69) is 21.2 Å². The van der Waals surface area contributed by atoms with Crippen LogP contribution in [0.25, 0.3) is 0 Å². The molecule has 0 aromatic heterocycles. The average Bonchev–Trinajstić information content (AvgIpc) is 2.13. The summed E-state index contributed by atoms with van der Waals surface area (Å²) in [5.41, 5.74) is 0.387. The number of hydrogen-bond acceptors (Lipinski definition) is 3. The first kappa shape index (κ1) is 14.5. The summed E-state index contributed by atoms with van der Waals surface area (Å²) in [5.74, 6) is -0.433. The van der Waals surface area contributed by atoms with Gasteiger partial charge in [0.1, 0.15) is 9.84 Å². The number of carbonyl (C=O) groups is 1. The van der Waals surface area contributed by atoms with Gasteiger partial charge in [-0.1, -0.05) is 27.5 Å². The van der Waals surface area contributed by atoms with E-state index in [1.165, 1.54) is 6.07 Å². The number of rotatable bonds is 4. The van der Waals surface area contributed by atoms with Crippen LogP contribution in [0.15, 0.2) is 22.7 Å². The quantitative estimate of drug-likeness (QED) is 0.910. The molecule has 0 aliphatic heterocycles. The van der Waals surface area contributed by atoms with Crippen molar-refractivity contribution in [3.05, 3.63) is 33.3 Å². The Morgan fingerprint density at radius 2 is 2.06 bits per heavy atom. The summed E-state index contributed by atoms with van der Waals surface area (Å²) in [6, 6.07) is 4.79. The van der Waals surface area contributed by atoms with Crippen LogP contribution in [0.5, 0.6) is 0 Å². The van der Waals surface area contributed by atoms with E-state index in [9.17, 15) is 13.2 Å². The van der Waals surface area contributed by atoms with Crippen LogP contribution < -0.4 is 5.32 Å². The van der Waals surface area contributed by atoms with Gasteiger partial charge >= 0.3 is 0 Å². The maximum Gasteiger partial charge on any atom is 0.251 e. The zero-order valence-electron chi connectivity index (χ0n) is 9.04. The van der Waals surface area contributed by atoms with Gasteiger partial charge in [0.15, 0.2) is 0 Å². The third-order valence-electron chi connectivity index (χ3n) is 1.88. The lowest BCUT2D eigenvalue weighted by Gasteiger charge is -2.05. The van der Waals surface area contributed by atoms with Gasteiger partial charge < -0.3 is 5.32 Å². The number of nitrogens with one attached hydrogen (secondary N) is 1. The van der Waals surface area contributed by atoms with E-state index < -0.39 is 9.84 Å².